The average molecular weight is 451 g/mol. The van der Waals surface area contributed by atoms with Crippen LogP contribution in [0.15, 0.2) is 59.7 Å². The van der Waals surface area contributed by atoms with Gasteiger partial charge in [-0.3, -0.25) is 9.52 Å². The van der Waals surface area contributed by atoms with Gasteiger partial charge in [-0.1, -0.05) is 36.2 Å². The minimum atomic E-state index is -4.41. The lowest BCUT2D eigenvalue weighted by Crippen LogP contribution is -2.43. The number of alkyl halides is 3. The van der Waals surface area contributed by atoms with Gasteiger partial charge >= 0.3 is 6.18 Å². The summed E-state index contributed by atoms with van der Waals surface area (Å²) in [5.41, 5.74) is 1.04. The van der Waals surface area contributed by atoms with E-state index in [0.29, 0.717) is 22.8 Å². The number of fused-ring (bicyclic) bond motifs is 1. The third-order valence-corrected chi connectivity index (χ3v) is 6.23. The molecule has 3 N–H and O–H groups in total. The van der Waals surface area contributed by atoms with Crippen molar-refractivity contribution in [2.45, 2.75) is 38.0 Å². The first-order chi connectivity index (χ1) is 14.6. The number of hydrogen-bond donors (Lipinski definition) is 3. The number of nitrogens with one attached hydrogen (secondary N) is 2. The Morgan fingerprint density at radius 3 is 2.55 bits per heavy atom. The van der Waals surface area contributed by atoms with Crippen LogP contribution in [0.5, 0.6) is 0 Å². The van der Waals surface area contributed by atoms with E-state index in [0.717, 1.165) is 23.3 Å². The summed E-state index contributed by atoms with van der Waals surface area (Å²) in [5, 5.41) is 13.7. The monoisotopic (exact) mass is 450 g/mol. The molecule has 31 heavy (non-hydrogen) atoms. The third kappa shape index (κ3) is 5.14. The number of carbonyl (C=O) groups excluding carboxylic acids is 1. The molecule has 0 saturated carbocycles. The van der Waals surface area contributed by atoms with Crippen molar-refractivity contribution >= 4 is 28.6 Å². The van der Waals surface area contributed by atoms with Gasteiger partial charge in [0.05, 0.1) is 23.8 Å². The van der Waals surface area contributed by atoms with E-state index in [-0.39, 0.29) is 24.1 Å². The molecule has 0 aromatic heterocycles. The van der Waals surface area contributed by atoms with Crippen molar-refractivity contribution in [1.82, 2.24) is 10.0 Å². The molecule has 0 radical (unpaired) electrons. The lowest BCUT2D eigenvalue weighted by Gasteiger charge is -2.35. The fourth-order valence-corrected chi connectivity index (χ4v) is 4.32. The Bertz CT molecular complexity index is 1050. The van der Waals surface area contributed by atoms with Gasteiger partial charge in [-0.2, -0.15) is 13.2 Å². The van der Waals surface area contributed by atoms with E-state index >= 15 is 0 Å². The third-order valence-electron chi connectivity index (χ3n) is 5.57. The van der Waals surface area contributed by atoms with E-state index in [2.05, 4.69) is 10.0 Å². The molecule has 2 aromatic carbocycles. The van der Waals surface area contributed by atoms with Crippen LogP contribution in [0.4, 0.5) is 13.2 Å². The zero-order chi connectivity index (χ0) is 22.8. The van der Waals surface area contributed by atoms with Crippen molar-refractivity contribution in [3.63, 3.8) is 0 Å². The molecule has 0 aliphatic heterocycles. The standard InChI is InChI=1S/C23H25F3N2O2S/c1-14(15-8-9-22(2,28-31-3)20(11-15)13-29)27-21(30)18-5-4-17-12-19(23(24,25)26)7-6-16(17)10-18/h4-8,10-12,14,28-29H,9,13H2,1-3H3,(H,27,30). The fraction of sp³-hybridized carbons (Fsp3) is 0.348. The average Bonchev–Trinajstić information content (AvgIpc) is 2.72. The molecule has 166 valence electrons. The van der Waals surface area contributed by atoms with Gasteiger partial charge in [0.1, 0.15) is 0 Å². The Balaban J connectivity index is 1.76. The summed E-state index contributed by atoms with van der Waals surface area (Å²) in [7, 11) is 0. The summed E-state index contributed by atoms with van der Waals surface area (Å²) in [5.74, 6) is -0.315. The molecular weight excluding hydrogens is 425 g/mol. The van der Waals surface area contributed by atoms with E-state index in [1.54, 1.807) is 6.07 Å². The number of rotatable bonds is 6. The molecule has 0 spiro atoms. The highest BCUT2D eigenvalue weighted by molar-refractivity contribution is 7.96. The van der Waals surface area contributed by atoms with E-state index in [1.807, 2.05) is 32.3 Å². The van der Waals surface area contributed by atoms with Crippen molar-refractivity contribution in [1.29, 1.82) is 0 Å². The number of benzene rings is 2. The first kappa shape index (κ1) is 23.4. The highest BCUT2D eigenvalue weighted by Gasteiger charge is 2.31. The highest BCUT2D eigenvalue weighted by Crippen LogP contribution is 2.32. The Morgan fingerprint density at radius 2 is 1.90 bits per heavy atom. The summed E-state index contributed by atoms with van der Waals surface area (Å²) in [4.78, 5) is 12.7. The molecule has 0 fully saturated rings. The van der Waals surface area contributed by atoms with E-state index in [1.165, 1.54) is 30.1 Å². The molecule has 4 nitrogen and oxygen atoms in total. The summed E-state index contributed by atoms with van der Waals surface area (Å²) in [6.07, 6.45) is 2.13. The molecule has 8 heteroatoms. The number of aliphatic hydroxyl groups excluding tert-OH is 1. The molecule has 0 saturated heterocycles. The molecule has 3 rings (SSSR count). The smallest absolute Gasteiger partial charge is 0.392 e. The molecule has 1 amide bonds. The van der Waals surface area contributed by atoms with Gasteiger partial charge in [-0.05, 0) is 72.7 Å². The zero-order valence-electron chi connectivity index (χ0n) is 17.5. The van der Waals surface area contributed by atoms with Gasteiger partial charge in [-0.15, -0.1) is 0 Å². The Kier molecular flexibility index (Phi) is 6.83. The topological polar surface area (TPSA) is 61.4 Å². The van der Waals surface area contributed by atoms with Gasteiger partial charge in [0.2, 0.25) is 0 Å². The Hall–Kier alpha value is -2.29. The van der Waals surface area contributed by atoms with Crippen LogP contribution >= 0.6 is 11.9 Å². The first-order valence-electron chi connectivity index (χ1n) is 9.81. The number of hydrogen-bond acceptors (Lipinski definition) is 4. The molecule has 0 heterocycles. The van der Waals surface area contributed by atoms with Crippen LogP contribution in [0, 0.1) is 0 Å². The largest absolute Gasteiger partial charge is 0.416 e. The van der Waals surface area contributed by atoms with Crippen molar-refractivity contribution in [3.8, 4) is 0 Å². The summed E-state index contributed by atoms with van der Waals surface area (Å²) < 4.78 is 42.0. The predicted octanol–water partition coefficient (Wildman–Crippen LogP) is 4.85. The molecule has 2 aromatic rings. The molecule has 0 bridgehead atoms. The quantitative estimate of drug-likeness (QED) is 0.551. The first-order valence-corrected chi connectivity index (χ1v) is 11.0. The molecule has 2 unspecified atom stereocenters. The highest BCUT2D eigenvalue weighted by atomic mass is 32.2. The van der Waals surface area contributed by atoms with Gasteiger partial charge in [0.15, 0.2) is 0 Å². The van der Waals surface area contributed by atoms with E-state index in [4.69, 9.17) is 0 Å². The maximum absolute atomic E-state index is 12.9. The normalized spacial score (nSPS) is 20.2. The Morgan fingerprint density at radius 1 is 1.23 bits per heavy atom. The van der Waals surface area contributed by atoms with Crippen LogP contribution in [0.3, 0.4) is 0 Å². The van der Waals surface area contributed by atoms with Crippen molar-refractivity contribution in [3.05, 3.63) is 70.8 Å². The fourth-order valence-electron chi connectivity index (χ4n) is 3.65. The Labute approximate surface area is 183 Å². The van der Waals surface area contributed by atoms with E-state index < -0.39 is 11.7 Å². The van der Waals surface area contributed by atoms with Gasteiger partial charge in [0.25, 0.3) is 5.91 Å². The van der Waals surface area contributed by atoms with Gasteiger partial charge in [-0.25, -0.2) is 0 Å². The number of carbonyl (C=O) groups is 1. The van der Waals surface area contributed by atoms with Crippen LogP contribution in [-0.4, -0.2) is 35.5 Å². The van der Waals surface area contributed by atoms with Crippen LogP contribution in [0.2, 0.25) is 0 Å². The van der Waals surface area contributed by atoms with E-state index in [9.17, 15) is 23.1 Å². The molecular formula is C23H25F3N2O2S. The zero-order valence-corrected chi connectivity index (χ0v) is 18.3. The summed E-state index contributed by atoms with van der Waals surface area (Å²) in [6, 6.07) is 7.80. The summed E-state index contributed by atoms with van der Waals surface area (Å²) in [6.45, 7) is 3.78. The predicted molar refractivity (Wildman–Crippen MR) is 119 cm³/mol. The second-order valence-corrected chi connectivity index (χ2v) is 8.46. The molecule has 1 aliphatic rings. The maximum atomic E-state index is 12.9. The number of halogens is 3. The molecule has 2 atom stereocenters. The minimum absolute atomic E-state index is 0.0906. The lowest BCUT2D eigenvalue weighted by molar-refractivity contribution is -0.137. The molecule has 1 aliphatic carbocycles. The maximum Gasteiger partial charge on any atom is 0.416 e. The number of amides is 1. The van der Waals surface area contributed by atoms with Crippen LogP contribution in [0.1, 0.15) is 36.2 Å². The van der Waals surface area contributed by atoms with Crippen molar-refractivity contribution in [2.24, 2.45) is 0 Å². The van der Waals surface area contributed by atoms with Crippen molar-refractivity contribution < 1.29 is 23.1 Å². The van der Waals surface area contributed by atoms with Crippen LogP contribution < -0.4 is 10.0 Å². The lowest BCUT2D eigenvalue weighted by atomic mass is 9.82. The SMILES string of the molecule is CSNC1(C)CC=C(C(C)NC(=O)c2ccc3cc(C(F)(F)F)ccc3c2)C=C1CO. The van der Waals surface area contributed by atoms with Crippen LogP contribution in [0.25, 0.3) is 10.8 Å². The second-order valence-electron chi connectivity index (χ2n) is 7.84. The summed E-state index contributed by atoms with van der Waals surface area (Å²) >= 11 is 1.48. The second kappa shape index (κ2) is 9.06. The minimum Gasteiger partial charge on any atom is -0.392 e. The van der Waals surface area contributed by atoms with Crippen molar-refractivity contribution in [2.75, 3.05) is 12.9 Å². The van der Waals surface area contributed by atoms with Crippen LogP contribution in [-0.2, 0) is 6.18 Å². The number of aliphatic hydroxyl groups is 1. The van der Waals surface area contributed by atoms with Gasteiger partial charge < -0.3 is 10.4 Å². The van der Waals surface area contributed by atoms with Gasteiger partial charge in [0, 0.05) is 5.56 Å².